The highest BCUT2D eigenvalue weighted by Crippen LogP contribution is 2.50. The molecule has 3 unspecified atom stereocenters. The van der Waals surface area contributed by atoms with Crippen LogP contribution in [-0.4, -0.2) is 39.0 Å². The van der Waals surface area contributed by atoms with Gasteiger partial charge in [0, 0.05) is 25.7 Å². The number of hydrogen-bond donors (Lipinski definition) is 2. The van der Waals surface area contributed by atoms with Gasteiger partial charge in [0.2, 0.25) is 10.0 Å². The number of rotatable bonds is 4. The number of benzene rings is 2. The Kier molecular flexibility index (Phi) is 4.59. The largest absolute Gasteiger partial charge is 0.504 e. The molecule has 0 bridgehead atoms. The first kappa shape index (κ1) is 18.8. The summed E-state index contributed by atoms with van der Waals surface area (Å²) in [6.07, 6.45) is 5.20. The van der Waals surface area contributed by atoms with Gasteiger partial charge in [0.25, 0.3) is 0 Å². The third kappa shape index (κ3) is 2.95. The quantitative estimate of drug-likeness (QED) is 0.769. The van der Waals surface area contributed by atoms with Crippen molar-refractivity contribution in [2.24, 2.45) is 5.92 Å². The summed E-state index contributed by atoms with van der Waals surface area (Å²) in [7, 11) is 1.12. The van der Waals surface area contributed by atoms with E-state index in [4.69, 9.17) is 4.74 Å². The number of fused-ring (bicyclic) bond motifs is 3. The number of allylic oxidation sites excluding steroid dienone is 2. The summed E-state index contributed by atoms with van der Waals surface area (Å²) in [4.78, 5) is 0.303. The van der Waals surface area contributed by atoms with Gasteiger partial charge < -0.3 is 15.2 Å². The summed E-state index contributed by atoms with van der Waals surface area (Å²) < 4.78 is 31.5. The molecule has 0 aromatic heterocycles. The molecule has 2 aliphatic rings. The summed E-state index contributed by atoms with van der Waals surface area (Å²) >= 11 is 0. The van der Waals surface area contributed by atoms with Crippen LogP contribution in [0.15, 0.2) is 53.4 Å². The van der Waals surface area contributed by atoms with Crippen molar-refractivity contribution in [3.05, 3.63) is 59.7 Å². The predicted octanol–water partition coefficient (Wildman–Crippen LogP) is 3.48. The average molecular weight is 401 g/mol. The third-order valence-corrected chi connectivity index (χ3v) is 7.49. The number of anilines is 1. The highest BCUT2D eigenvalue weighted by Gasteiger charge is 2.38. The van der Waals surface area contributed by atoms with Gasteiger partial charge in [-0.3, -0.25) is 0 Å². The molecule has 2 aromatic rings. The molecular formula is C21H24N2O4S. The molecule has 0 spiro atoms. The molecule has 0 radical (unpaired) electrons. The van der Waals surface area contributed by atoms with Gasteiger partial charge in [-0.05, 0) is 53.8 Å². The Bertz CT molecular complexity index is 1050. The molecule has 0 amide bonds. The molecule has 148 valence electrons. The Morgan fingerprint density at radius 2 is 1.96 bits per heavy atom. The summed E-state index contributed by atoms with van der Waals surface area (Å²) in [5, 5.41) is 13.8. The summed E-state index contributed by atoms with van der Waals surface area (Å²) in [5.41, 5.74) is 2.90. The SMILES string of the molecule is COc1ccc(C2Nc3ccc(S(=O)(=O)N(C)C)cc3C3C=CCC32)cc1O. The first-order valence-corrected chi connectivity index (χ1v) is 10.6. The average Bonchev–Trinajstić information content (AvgIpc) is 3.16. The lowest BCUT2D eigenvalue weighted by molar-refractivity contribution is 0.371. The van der Waals surface area contributed by atoms with E-state index < -0.39 is 10.0 Å². The van der Waals surface area contributed by atoms with Gasteiger partial charge in [0.1, 0.15) is 0 Å². The standard InChI is InChI=1S/C21H24N2O4S/c1-23(2)28(25,26)14-8-9-18-17(12-14)15-5-4-6-16(15)21(22-18)13-7-10-20(27-3)19(24)11-13/h4-5,7-12,15-16,21-22,24H,6H2,1-3H3. The van der Waals surface area contributed by atoms with E-state index in [2.05, 4.69) is 17.5 Å². The van der Waals surface area contributed by atoms with Crippen molar-refractivity contribution in [3.8, 4) is 11.5 Å². The highest BCUT2D eigenvalue weighted by molar-refractivity contribution is 7.89. The molecule has 2 aromatic carbocycles. The zero-order valence-electron chi connectivity index (χ0n) is 16.1. The van der Waals surface area contributed by atoms with Gasteiger partial charge in [0.05, 0.1) is 18.0 Å². The Hall–Kier alpha value is -2.51. The van der Waals surface area contributed by atoms with Crippen LogP contribution in [-0.2, 0) is 10.0 Å². The molecule has 6 nitrogen and oxygen atoms in total. The molecule has 4 rings (SSSR count). The summed E-state index contributed by atoms with van der Waals surface area (Å²) in [6, 6.07) is 10.7. The molecule has 0 saturated heterocycles. The topological polar surface area (TPSA) is 78.9 Å². The second kappa shape index (κ2) is 6.83. The van der Waals surface area contributed by atoms with Crippen molar-refractivity contribution in [1.29, 1.82) is 0 Å². The maximum Gasteiger partial charge on any atom is 0.242 e. The monoisotopic (exact) mass is 400 g/mol. The van der Waals surface area contributed by atoms with E-state index in [0.717, 1.165) is 23.2 Å². The van der Waals surface area contributed by atoms with Crippen molar-refractivity contribution in [1.82, 2.24) is 4.31 Å². The number of nitrogens with one attached hydrogen (secondary N) is 1. The van der Waals surface area contributed by atoms with E-state index >= 15 is 0 Å². The fraction of sp³-hybridized carbons (Fsp3) is 0.333. The summed E-state index contributed by atoms with van der Waals surface area (Å²) in [6.45, 7) is 0. The second-order valence-corrected chi connectivity index (χ2v) is 9.60. The fourth-order valence-electron chi connectivity index (χ4n) is 4.17. The molecule has 1 aliphatic heterocycles. The number of hydrogen-bond acceptors (Lipinski definition) is 5. The van der Waals surface area contributed by atoms with Crippen molar-refractivity contribution < 1.29 is 18.3 Å². The molecule has 0 fully saturated rings. The normalized spacial score (nSPS) is 23.2. The molecule has 28 heavy (non-hydrogen) atoms. The molecule has 1 heterocycles. The Labute approximate surface area is 165 Å². The van der Waals surface area contributed by atoms with Crippen LogP contribution in [0.3, 0.4) is 0 Å². The minimum Gasteiger partial charge on any atom is -0.504 e. The minimum absolute atomic E-state index is 0.0145. The lowest BCUT2D eigenvalue weighted by Gasteiger charge is -2.38. The zero-order chi connectivity index (χ0) is 20.1. The molecule has 3 atom stereocenters. The number of methoxy groups -OCH3 is 1. The first-order valence-electron chi connectivity index (χ1n) is 9.19. The Morgan fingerprint density at radius 3 is 2.64 bits per heavy atom. The van der Waals surface area contributed by atoms with Crippen LogP contribution in [0.25, 0.3) is 0 Å². The van der Waals surface area contributed by atoms with Crippen LogP contribution < -0.4 is 10.1 Å². The highest BCUT2D eigenvalue weighted by atomic mass is 32.2. The van der Waals surface area contributed by atoms with E-state index in [1.165, 1.54) is 25.5 Å². The number of phenols is 1. The van der Waals surface area contributed by atoms with E-state index in [1.54, 1.807) is 24.3 Å². The van der Waals surface area contributed by atoms with Gasteiger partial charge in [-0.1, -0.05) is 18.2 Å². The van der Waals surface area contributed by atoms with Gasteiger partial charge in [-0.15, -0.1) is 0 Å². The smallest absolute Gasteiger partial charge is 0.242 e. The van der Waals surface area contributed by atoms with Gasteiger partial charge >= 0.3 is 0 Å². The first-order chi connectivity index (χ1) is 13.3. The molecule has 2 N–H and O–H groups in total. The second-order valence-electron chi connectivity index (χ2n) is 7.44. The molecule has 7 heteroatoms. The van der Waals surface area contributed by atoms with Gasteiger partial charge in [0.15, 0.2) is 11.5 Å². The number of ether oxygens (including phenoxy) is 1. The number of aromatic hydroxyl groups is 1. The van der Waals surface area contributed by atoms with Crippen LogP contribution in [0.2, 0.25) is 0 Å². The van der Waals surface area contributed by atoms with E-state index in [9.17, 15) is 13.5 Å². The third-order valence-electron chi connectivity index (χ3n) is 5.67. The predicted molar refractivity (Wildman–Crippen MR) is 108 cm³/mol. The number of phenolic OH excluding ortho intramolecular Hbond substituents is 1. The molecular weight excluding hydrogens is 376 g/mol. The zero-order valence-corrected chi connectivity index (χ0v) is 16.9. The lowest BCUT2D eigenvalue weighted by Crippen LogP contribution is -2.29. The van der Waals surface area contributed by atoms with Crippen LogP contribution in [0.1, 0.15) is 29.5 Å². The van der Waals surface area contributed by atoms with E-state index in [1.807, 2.05) is 12.1 Å². The van der Waals surface area contributed by atoms with E-state index in [0.29, 0.717) is 10.6 Å². The minimum atomic E-state index is -3.48. The van der Waals surface area contributed by atoms with Crippen LogP contribution >= 0.6 is 0 Å². The van der Waals surface area contributed by atoms with Crippen LogP contribution in [0.4, 0.5) is 5.69 Å². The van der Waals surface area contributed by atoms with Gasteiger partial charge in [-0.2, -0.15) is 0 Å². The maximum atomic E-state index is 12.5. The van der Waals surface area contributed by atoms with Crippen LogP contribution in [0.5, 0.6) is 11.5 Å². The van der Waals surface area contributed by atoms with Crippen molar-refractivity contribution in [3.63, 3.8) is 0 Å². The van der Waals surface area contributed by atoms with Crippen molar-refractivity contribution in [2.75, 3.05) is 26.5 Å². The fourth-order valence-corrected chi connectivity index (χ4v) is 5.11. The summed E-state index contributed by atoms with van der Waals surface area (Å²) in [5.74, 6) is 0.933. The molecule has 1 aliphatic carbocycles. The number of sulfonamides is 1. The lowest BCUT2D eigenvalue weighted by atomic mass is 9.77. The maximum absolute atomic E-state index is 12.5. The van der Waals surface area contributed by atoms with Crippen molar-refractivity contribution >= 4 is 15.7 Å². The number of nitrogens with zero attached hydrogens (tertiary/aromatic N) is 1. The molecule has 0 saturated carbocycles. The van der Waals surface area contributed by atoms with Crippen molar-refractivity contribution in [2.45, 2.75) is 23.3 Å². The van der Waals surface area contributed by atoms with E-state index in [-0.39, 0.29) is 23.6 Å². The Balaban J connectivity index is 1.75. The Morgan fingerprint density at radius 1 is 1.18 bits per heavy atom. The van der Waals surface area contributed by atoms with Gasteiger partial charge in [-0.25, -0.2) is 12.7 Å². The van der Waals surface area contributed by atoms with Crippen LogP contribution in [0, 0.1) is 5.92 Å².